The van der Waals surface area contributed by atoms with Crippen molar-refractivity contribution in [3.8, 4) is 0 Å². The first kappa shape index (κ1) is 15.0. The van der Waals surface area contributed by atoms with Crippen LogP contribution in [0.5, 0.6) is 0 Å². The third kappa shape index (κ3) is 2.88. The fourth-order valence-electron chi connectivity index (χ4n) is 3.00. The average molecular weight is 275 g/mol. The molecule has 0 saturated carbocycles. The van der Waals surface area contributed by atoms with Gasteiger partial charge in [0.1, 0.15) is 0 Å². The summed E-state index contributed by atoms with van der Waals surface area (Å²) in [7, 11) is 0. The molecule has 0 aromatic heterocycles. The van der Waals surface area contributed by atoms with Crippen molar-refractivity contribution < 1.29 is 9.90 Å². The fourth-order valence-corrected chi connectivity index (χ4v) is 3.00. The molecule has 0 heterocycles. The van der Waals surface area contributed by atoms with E-state index >= 15 is 0 Å². The molecule has 0 radical (unpaired) electrons. The van der Waals surface area contributed by atoms with E-state index in [2.05, 4.69) is 6.92 Å². The lowest BCUT2D eigenvalue weighted by atomic mass is 9.79. The molecule has 110 valence electrons. The number of rotatable bonds is 4. The molecule has 2 rings (SSSR count). The van der Waals surface area contributed by atoms with Gasteiger partial charge in [0.2, 0.25) is 5.91 Å². The van der Waals surface area contributed by atoms with Crippen LogP contribution in [0.2, 0.25) is 0 Å². The monoisotopic (exact) mass is 275 g/mol. The molecule has 2 aliphatic rings. The Morgan fingerprint density at radius 2 is 2.15 bits per heavy atom. The first-order valence-corrected chi connectivity index (χ1v) is 7.57. The predicted molar refractivity (Wildman–Crippen MR) is 80.9 cm³/mol. The maximum atomic E-state index is 11.6. The smallest absolute Gasteiger partial charge is 0.231 e. The summed E-state index contributed by atoms with van der Waals surface area (Å²) >= 11 is 0. The van der Waals surface area contributed by atoms with E-state index in [9.17, 15) is 9.90 Å². The van der Waals surface area contributed by atoms with Gasteiger partial charge in [0.25, 0.3) is 0 Å². The Balaban J connectivity index is 2.22. The Hall–Kier alpha value is -1.35. The standard InChI is InChI=1S/C17H25NO2/c1-3-4-5-13-7-6-12-8-10-17(2,16(18)20)11-9-14(12)15(13)19/h8-11,13,15,19H,3-7H2,1-2H3,(H2,18,20). The molecule has 3 N–H and O–H groups in total. The first-order chi connectivity index (χ1) is 9.48. The summed E-state index contributed by atoms with van der Waals surface area (Å²) < 4.78 is 0. The number of nitrogens with two attached hydrogens (primary N) is 1. The Labute approximate surface area is 121 Å². The quantitative estimate of drug-likeness (QED) is 0.828. The maximum absolute atomic E-state index is 11.6. The van der Waals surface area contributed by atoms with E-state index in [4.69, 9.17) is 5.73 Å². The van der Waals surface area contributed by atoms with Gasteiger partial charge >= 0.3 is 0 Å². The highest BCUT2D eigenvalue weighted by atomic mass is 16.3. The molecule has 0 fully saturated rings. The van der Waals surface area contributed by atoms with E-state index < -0.39 is 11.5 Å². The maximum Gasteiger partial charge on any atom is 0.231 e. The summed E-state index contributed by atoms with van der Waals surface area (Å²) in [5, 5.41) is 10.6. The van der Waals surface area contributed by atoms with E-state index in [1.165, 1.54) is 0 Å². The van der Waals surface area contributed by atoms with Crippen molar-refractivity contribution in [2.24, 2.45) is 17.1 Å². The minimum atomic E-state index is -0.754. The molecule has 3 heteroatoms. The van der Waals surface area contributed by atoms with Crippen LogP contribution < -0.4 is 5.73 Å². The van der Waals surface area contributed by atoms with Gasteiger partial charge in [-0.2, -0.15) is 0 Å². The van der Waals surface area contributed by atoms with Crippen molar-refractivity contribution >= 4 is 5.91 Å². The van der Waals surface area contributed by atoms with Gasteiger partial charge in [-0.25, -0.2) is 0 Å². The van der Waals surface area contributed by atoms with Crippen LogP contribution in [0, 0.1) is 11.3 Å². The lowest BCUT2D eigenvalue weighted by molar-refractivity contribution is -0.122. The molecule has 0 saturated heterocycles. The van der Waals surface area contributed by atoms with Crippen molar-refractivity contribution in [3.63, 3.8) is 0 Å². The van der Waals surface area contributed by atoms with Crippen molar-refractivity contribution in [2.45, 2.75) is 52.1 Å². The largest absolute Gasteiger partial charge is 0.388 e. The number of carbonyl (C=O) groups excluding carboxylic acids is 1. The molecule has 0 aromatic carbocycles. The highest BCUT2D eigenvalue weighted by Gasteiger charge is 2.32. The van der Waals surface area contributed by atoms with Crippen LogP contribution in [0.3, 0.4) is 0 Å². The molecular formula is C17H25NO2. The van der Waals surface area contributed by atoms with E-state index in [0.29, 0.717) is 5.92 Å². The van der Waals surface area contributed by atoms with Crippen LogP contribution in [0.25, 0.3) is 0 Å². The Morgan fingerprint density at radius 3 is 2.80 bits per heavy atom. The van der Waals surface area contributed by atoms with E-state index in [1.807, 2.05) is 31.2 Å². The van der Waals surface area contributed by atoms with Crippen LogP contribution in [-0.2, 0) is 4.79 Å². The predicted octanol–water partition coefficient (Wildman–Crippen LogP) is 2.86. The van der Waals surface area contributed by atoms with Gasteiger partial charge in [-0.3, -0.25) is 4.79 Å². The molecule has 3 unspecified atom stereocenters. The zero-order valence-corrected chi connectivity index (χ0v) is 12.4. The van der Waals surface area contributed by atoms with E-state index in [-0.39, 0.29) is 5.91 Å². The Morgan fingerprint density at radius 1 is 1.45 bits per heavy atom. The van der Waals surface area contributed by atoms with Crippen molar-refractivity contribution in [2.75, 3.05) is 0 Å². The number of aliphatic hydroxyl groups is 1. The number of primary amides is 1. The first-order valence-electron chi connectivity index (χ1n) is 7.57. The van der Waals surface area contributed by atoms with E-state index in [0.717, 1.165) is 43.3 Å². The Bertz CT molecular complexity index is 475. The van der Waals surface area contributed by atoms with Crippen molar-refractivity contribution in [1.29, 1.82) is 0 Å². The van der Waals surface area contributed by atoms with Crippen LogP contribution >= 0.6 is 0 Å². The highest BCUT2D eigenvalue weighted by Crippen LogP contribution is 2.37. The van der Waals surface area contributed by atoms with Gasteiger partial charge < -0.3 is 10.8 Å². The molecule has 1 amide bonds. The third-order valence-electron chi connectivity index (χ3n) is 4.62. The summed E-state index contributed by atoms with van der Waals surface area (Å²) in [4.78, 5) is 11.6. The van der Waals surface area contributed by atoms with Crippen molar-refractivity contribution in [3.05, 3.63) is 35.5 Å². The highest BCUT2D eigenvalue weighted by molar-refractivity contribution is 5.85. The number of amides is 1. The fraction of sp³-hybridized carbons (Fsp3) is 0.588. The van der Waals surface area contributed by atoms with E-state index in [1.54, 1.807) is 0 Å². The zero-order chi connectivity index (χ0) is 14.8. The number of unbranched alkanes of at least 4 members (excludes halogenated alkanes) is 1. The molecule has 0 spiro atoms. The third-order valence-corrected chi connectivity index (χ3v) is 4.62. The molecule has 3 atom stereocenters. The average Bonchev–Trinajstić information content (AvgIpc) is 2.59. The lowest BCUT2D eigenvalue weighted by Crippen LogP contribution is -2.30. The van der Waals surface area contributed by atoms with Crippen LogP contribution in [0.15, 0.2) is 35.5 Å². The molecule has 2 aliphatic carbocycles. The normalized spacial score (nSPS) is 33.0. The van der Waals surface area contributed by atoms with Crippen molar-refractivity contribution in [1.82, 2.24) is 0 Å². The van der Waals surface area contributed by atoms with Gasteiger partial charge in [0.15, 0.2) is 0 Å². The SMILES string of the molecule is CCCCC1CCC2=C(C=CC(C)(C(N)=O)C=C2)C1O. The second-order valence-electron chi connectivity index (χ2n) is 6.18. The van der Waals surface area contributed by atoms with Crippen LogP contribution in [0.1, 0.15) is 46.0 Å². The van der Waals surface area contributed by atoms with Gasteiger partial charge in [-0.15, -0.1) is 0 Å². The summed E-state index contributed by atoms with van der Waals surface area (Å²) in [6.07, 6.45) is 12.5. The Kier molecular flexibility index (Phi) is 4.48. The zero-order valence-electron chi connectivity index (χ0n) is 12.4. The summed E-state index contributed by atoms with van der Waals surface area (Å²) in [5.74, 6) is -0.0217. The van der Waals surface area contributed by atoms with Gasteiger partial charge in [-0.05, 0) is 43.3 Å². The molecule has 0 aromatic rings. The molecule has 0 bridgehead atoms. The van der Waals surface area contributed by atoms with Gasteiger partial charge in [0, 0.05) is 0 Å². The summed E-state index contributed by atoms with van der Waals surface area (Å²) in [6, 6.07) is 0. The second kappa shape index (κ2) is 5.96. The molecule has 3 nitrogen and oxygen atoms in total. The van der Waals surface area contributed by atoms with Crippen LogP contribution in [0.4, 0.5) is 0 Å². The summed E-state index contributed by atoms with van der Waals surface area (Å²) in [6.45, 7) is 3.98. The number of aliphatic hydroxyl groups excluding tert-OH is 1. The topological polar surface area (TPSA) is 63.3 Å². The minimum Gasteiger partial charge on any atom is -0.388 e. The number of hydrogen-bond acceptors (Lipinski definition) is 2. The number of hydrogen-bond donors (Lipinski definition) is 2. The minimum absolute atomic E-state index is 0.338. The lowest BCUT2D eigenvalue weighted by Gasteiger charge is -2.30. The van der Waals surface area contributed by atoms with Crippen LogP contribution in [-0.4, -0.2) is 17.1 Å². The molecule has 20 heavy (non-hydrogen) atoms. The van der Waals surface area contributed by atoms with Gasteiger partial charge in [0.05, 0.1) is 11.5 Å². The molecule has 0 aliphatic heterocycles. The number of allylic oxidation sites excluding steroid dienone is 2. The van der Waals surface area contributed by atoms with Gasteiger partial charge in [-0.1, -0.05) is 44.1 Å². The summed E-state index contributed by atoms with van der Waals surface area (Å²) in [5.41, 5.74) is 6.83. The molecular weight excluding hydrogens is 250 g/mol. The number of carbonyl (C=O) groups is 1. The second-order valence-corrected chi connectivity index (χ2v) is 6.18.